The number of hydrogen-bond donors (Lipinski definition) is 1. The third kappa shape index (κ3) is 4.20. The highest BCUT2D eigenvalue weighted by atomic mass is 32.2. The molecule has 0 bridgehead atoms. The summed E-state index contributed by atoms with van der Waals surface area (Å²) in [5.41, 5.74) is 0.971. The molecule has 0 heterocycles. The molecule has 0 fully saturated rings. The lowest BCUT2D eigenvalue weighted by atomic mass is 10.2. The highest BCUT2D eigenvalue weighted by Crippen LogP contribution is 2.26. The Bertz CT molecular complexity index is 933. The molecule has 0 aliphatic carbocycles. The predicted molar refractivity (Wildman–Crippen MR) is 98.5 cm³/mol. The molecule has 0 spiro atoms. The molecule has 0 aliphatic heterocycles. The quantitative estimate of drug-likeness (QED) is 0.798. The van der Waals surface area contributed by atoms with Crippen LogP contribution in [0.15, 0.2) is 58.3 Å². The van der Waals surface area contributed by atoms with E-state index in [0.717, 1.165) is 5.56 Å². The summed E-state index contributed by atoms with van der Waals surface area (Å²) in [7, 11) is -7.67. The van der Waals surface area contributed by atoms with Gasteiger partial charge in [-0.05, 0) is 31.2 Å². The zero-order valence-electron chi connectivity index (χ0n) is 14.4. The van der Waals surface area contributed by atoms with Crippen molar-refractivity contribution in [2.24, 2.45) is 0 Å². The van der Waals surface area contributed by atoms with Crippen molar-refractivity contribution in [1.82, 2.24) is 4.31 Å². The lowest BCUT2D eigenvalue weighted by molar-refractivity contribution is 0.445. The zero-order valence-corrected chi connectivity index (χ0v) is 16.1. The molecule has 2 aromatic rings. The molecule has 2 rings (SSSR count). The summed E-state index contributed by atoms with van der Waals surface area (Å²) in [6.07, 6.45) is 0. The van der Waals surface area contributed by atoms with Crippen LogP contribution in [0.5, 0.6) is 0 Å². The largest absolute Gasteiger partial charge is 0.278 e. The van der Waals surface area contributed by atoms with Crippen LogP contribution >= 0.6 is 0 Å². The Kier molecular flexibility index (Phi) is 5.87. The second-order valence-electron chi connectivity index (χ2n) is 5.50. The van der Waals surface area contributed by atoms with Crippen LogP contribution in [0.4, 0.5) is 5.69 Å². The molecule has 136 valence electrons. The fourth-order valence-corrected chi connectivity index (χ4v) is 5.15. The van der Waals surface area contributed by atoms with E-state index in [0.29, 0.717) is 13.1 Å². The van der Waals surface area contributed by atoms with E-state index in [4.69, 9.17) is 0 Å². The van der Waals surface area contributed by atoms with Crippen LogP contribution < -0.4 is 4.72 Å². The fourth-order valence-electron chi connectivity index (χ4n) is 2.40. The lowest BCUT2D eigenvalue weighted by Crippen LogP contribution is -2.31. The standard InChI is InChI=1S/C17H22N2O4S2/c1-4-19(5-2)25(22,23)17-9-7-6-8-16(17)18-24(20,21)15-12-10-14(3)11-13-15/h6-13,18H,4-5H2,1-3H3. The van der Waals surface area contributed by atoms with Crippen molar-refractivity contribution >= 4 is 25.7 Å². The zero-order chi connectivity index (χ0) is 18.7. The van der Waals surface area contributed by atoms with Gasteiger partial charge in [0.1, 0.15) is 4.90 Å². The minimum Gasteiger partial charge on any atom is -0.278 e. The van der Waals surface area contributed by atoms with Gasteiger partial charge in [0.2, 0.25) is 10.0 Å². The lowest BCUT2D eigenvalue weighted by Gasteiger charge is -2.20. The molecule has 0 atom stereocenters. The Morgan fingerprint density at radius 3 is 2.00 bits per heavy atom. The molecule has 2 aromatic carbocycles. The van der Waals surface area contributed by atoms with Gasteiger partial charge in [-0.15, -0.1) is 0 Å². The first-order valence-corrected chi connectivity index (χ1v) is 10.8. The first-order chi connectivity index (χ1) is 11.7. The number of nitrogens with zero attached hydrogens (tertiary/aromatic N) is 1. The molecular weight excluding hydrogens is 360 g/mol. The number of nitrogens with one attached hydrogen (secondary N) is 1. The third-order valence-electron chi connectivity index (χ3n) is 3.79. The smallest absolute Gasteiger partial charge is 0.261 e. The molecule has 0 aromatic heterocycles. The maximum atomic E-state index is 12.8. The number of para-hydroxylation sites is 1. The average molecular weight is 383 g/mol. The molecule has 6 nitrogen and oxygen atoms in total. The average Bonchev–Trinajstić information content (AvgIpc) is 2.56. The summed E-state index contributed by atoms with van der Waals surface area (Å²) in [4.78, 5) is 0.0162. The van der Waals surface area contributed by atoms with Gasteiger partial charge in [0.15, 0.2) is 0 Å². The second-order valence-corrected chi connectivity index (χ2v) is 9.09. The first-order valence-electron chi connectivity index (χ1n) is 7.91. The van der Waals surface area contributed by atoms with Crippen LogP contribution in [-0.4, -0.2) is 34.2 Å². The molecule has 8 heteroatoms. The molecule has 0 aliphatic rings. The number of rotatable bonds is 7. The second kappa shape index (κ2) is 7.55. The van der Waals surface area contributed by atoms with Gasteiger partial charge in [-0.25, -0.2) is 16.8 Å². The van der Waals surface area contributed by atoms with Crippen LogP contribution in [-0.2, 0) is 20.0 Å². The highest BCUT2D eigenvalue weighted by molar-refractivity contribution is 7.93. The van der Waals surface area contributed by atoms with E-state index in [1.807, 2.05) is 6.92 Å². The van der Waals surface area contributed by atoms with E-state index in [1.54, 1.807) is 38.1 Å². The van der Waals surface area contributed by atoms with E-state index >= 15 is 0 Å². The van der Waals surface area contributed by atoms with Crippen molar-refractivity contribution in [3.63, 3.8) is 0 Å². The van der Waals surface area contributed by atoms with E-state index in [1.165, 1.54) is 28.6 Å². The predicted octanol–water partition coefficient (Wildman–Crippen LogP) is 2.83. The fraction of sp³-hybridized carbons (Fsp3) is 0.294. The molecule has 1 N–H and O–H groups in total. The maximum Gasteiger partial charge on any atom is 0.261 e. The molecule has 0 unspecified atom stereocenters. The SMILES string of the molecule is CCN(CC)S(=O)(=O)c1ccccc1NS(=O)(=O)c1ccc(C)cc1. The highest BCUT2D eigenvalue weighted by Gasteiger charge is 2.26. The van der Waals surface area contributed by atoms with E-state index in [2.05, 4.69) is 4.72 Å². The van der Waals surface area contributed by atoms with Crippen molar-refractivity contribution in [3.8, 4) is 0 Å². The number of sulfonamides is 2. The topological polar surface area (TPSA) is 83.6 Å². The Hall–Kier alpha value is -1.90. The van der Waals surface area contributed by atoms with Crippen LogP contribution in [0, 0.1) is 6.92 Å². The van der Waals surface area contributed by atoms with Crippen LogP contribution in [0.2, 0.25) is 0 Å². The van der Waals surface area contributed by atoms with Crippen molar-refractivity contribution in [1.29, 1.82) is 0 Å². The maximum absolute atomic E-state index is 12.8. The first kappa shape index (κ1) is 19.4. The van der Waals surface area contributed by atoms with E-state index in [-0.39, 0.29) is 15.5 Å². The Morgan fingerprint density at radius 1 is 0.880 bits per heavy atom. The summed E-state index contributed by atoms with van der Waals surface area (Å²) in [6, 6.07) is 12.4. The summed E-state index contributed by atoms with van der Waals surface area (Å²) >= 11 is 0. The monoisotopic (exact) mass is 382 g/mol. The van der Waals surface area contributed by atoms with Gasteiger partial charge < -0.3 is 0 Å². The van der Waals surface area contributed by atoms with E-state index < -0.39 is 20.0 Å². The van der Waals surface area contributed by atoms with Crippen molar-refractivity contribution in [2.75, 3.05) is 17.8 Å². The van der Waals surface area contributed by atoms with Gasteiger partial charge >= 0.3 is 0 Å². The summed E-state index contributed by atoms with van der Waals surface area (Å²) < 4.78 is 54.4. The van der Waals surface area contributed by atoms with Crippen LogP contribution in [0.3, 0.4) is 0 Å². The number of aryl methyl sites for hydroxylation is 1. The third-order valence-corrected chi connectivity index (χ3v) is 7.28. The van der Waals surface area contributed by atoms with Gasteiger partial charge in [0.25, 0.3) is 10.0 Å². The molecule has 0 radical (unpaired) electrons. The minimum atomic E-state index is -3.88. The molecular formula is C17H22N2O4S2. The van der Waals surface area contributed by atoms with Gasteiger partial charge in [-0.3, -0.25) is 4.72 Å². The Labute approximate surface area is 149 Å². The van der Waals surface area contributed by atoms with Crippen molar-refractivity contribution in [2.45, 2.75) is 30.6 Å². The van der Waals surface area contributed by atoms with Crippen molar-refractivity contribution < 1.29 is 16.8 Å². The Morgan fingerprint density at radius 2 is 1.44 bits per heavy atom. The van der Waals surface area contributed by atoms with Gasteiger partial charge in [-0.2, -0.15) is 4.31 Å². The summed E-state index contributed by atoms with van der Waals surface area (Å²) in [6.45, 7) is 5.94. The van der Waals surface area contributed by atoms with Crippen LogP contribution in [0.25, 0.3) is 0 Å². The van der Waals surface area contributed by atoms with Crippen LogP contribution in [0.1, 0.15) is 19.4 Å². The molecule has 0 saturated heterocycles. The van der Waals surface area contributed by atoms with E-state index in [9.17, 15) is 16.8 Å². The minimum absolute atomic E-state index is 0.0370. The summed E-state index contributed by atoms with van der Waals surface area (Å²) in [5.74, 6) is 0. The van der Waals surface area contributed by atoms with Gasteiger partial charge in [-0.1, -0.05) is 43.7 Å². The van der Waals surface area contributed by atoms with Crippen molar-refractivity contribution in [3.05, 3.63) is 54.1 Å². The number of anilines is 1. The summed E-state index contributed by atoms with van der Waals surface area (Å²) in [5, 5.41) is 0. The molecule has 0 saturated carbocycles. The number of benzene rings is 2. The van der Waals surface area contributed by atoms with Gasteiger partial charge in [0.05, 0.1) is 10.6 Å². The Balaban J connectivity index is 2.47. The number of hydrogen-bond acceptors (Lipinski definition) is 4. The molecule has 25 heavy (non-hydrogen) atoms. The molecule has 0 amide bonds. The van der Waals surface area contributed by atoms with Gasteiger partial charge in [0, 0.05) is 13.1 Å². The normalized spacial score (nSPS) is 12.3.